The fourth-order valence-electron chi connectivity index (χ4n) is 6.86. The molecule has 0 radical (unpaired) electrons. The van der Waals surface area contributed by atoms with E-state index in [2.05, 4.69) is 11.8 Å². The zero-order valence-electron chi connectivity index (χ0n) is 25.8. The van der Waals surface area contributed by atoms with E-state index in [-0.39, 0.29) is 29.9 Å². The van der Waals surface area contributed by atoms with Gasteiger partial charge in [0, 0.05) is 59.5 Å². The number of allylic oxidation sites excluding steroid dienone is 2. The van der Waals surface area contributed by atoms with Gasteiger partial charge in [-0.3, -0.25) is 4.79 Å². The SMILES string of the molecule is CCCCN1/C(=C/C2C(=O)/C(=C\C3=[N+](CCCC(F)(F)F)c4ccccc4C3(C)C)C2O)C(C)(C)c2cc(C(=O)O)ccc21. The first-order valence-electron chi connectivity index (χ1n) is 15.2. The van der Waals surface area contributed by atoms with E-state index < -0.39 is 41.4 Å². The third-order valence-corrected chi connectivity index (χ3v) is 9.39. The highest BCUT2D eigenvalue weighted by molar-refractivity contribution is 6.14. The number of carbonyl (C=O) groups is 2. The molecule has 0 aromatic heterocycles. The van der Waals surface area contributed by atoms with Crippen molar-refractivity contribution in [1.29, 1.82) is 0 Å². The smallest absolute Gasteiger partial charge is 0.389 e. The van der Waals surface area contributed by atoms with Gasteiger partial charge in [0.15, 0.2) is 11.5 Å². The predicted octanol–water partition coefficient (Wildman–Crippen LogP) is 7.07. The summed E-state index contributed by atoms with van der Waals surface area (Å²) in [4.78, 5) is 27.5. The van der Waals surface area contributed by atoms with Gasteiger partial charge in [0.05, 0.1) is 23.0 Å². The molecule has 2 aromatic carbocycles. The van der Waals surface area contributed by atoms with Crippen LogP contribution in [0.15, 0.2) is 65.9 Å². The number of Topliss-reactive ketones (excluding diaryl/α,β-unsaturated/α-hetero) is 1. The normalized spacial score (nSPS) is 23.8. The van der Waals surface area contributed by atoms with Crippen LogP contribution < -0.4 is 4.90 Å². The highest BCUT2D eigenvalue weighted by Gasteiger charge is 2.50. The third-order valence-electron chi connectivity index (χ3n) is 9.39. The predicted molar refractivity (Wildman–Crippen MR) is 164 cm³/mol. The van der Waals surface area contributed by atoms with E-state index in [1.807, 2.05) is 68.7 Å². The van der Waals surface area contributed by atoms with Gasteiger partial charge in [0.2, 0.25) is 5.69 Å². The van der Waals surface area contributed by atoms with Crippen LogP contribution in [0.1, 0.15) is 81.8 Å². The van der Waals surface area contributed by atoms with Crippen molar-refractivity contribution in [3.8, 4) is 0 Å². The molecule has 2 unspecified atom stereocenters. The molecule has 0 saturated heterocycles. The van der Waals surface area contributed by atoms with Crippen molar-refractivity contribution in [1.82, 2.24) is 0 Å². The summed E-state index contributed by atoms with van der Waals surface area (Å²) in [7, 11) is 0. The number of carboxylic acid groups (broad SMARTS) is 1. The van der Waals surface area contributed by atoms with Gasteiger partial charge in [-0.05, 0) is 44.0 Å². The van der Waals surface area contributed by atoms with E-state index in [9.17, 15) is 33.0 Å². The second-order valence-corrected chi connectivity index (χ2v) is 13.1. The van der Waals surface area contributed by atoms with Crippen molar-refractivity contribution >= 4 is 28.8 Å². The Morgan fingerprint density at radius 2 is 1.75 bits per heavy atom. The van der Waals surface area contributed by atoms with Gasteiger partial charge < -0.3 is 15.1 Å². The number of hydrogen-bond donors (Lipinski definition) is 2. The molecular weight excluding hydrogens is 569 g/mol. The summed E-state index contributed by atoms with van der Waals surface area (Å²) in [6.45, 7) is 10.8. The van der Waals surface area contributed by atoms with Crippen molar-refractivity contribution in [3.05, 3.63) is 82.6 Å². The van der Waals surface area contributed by atoms with Crippen molar-refractivity contribution in [3.63, 3.8) is 0 Å². The second-order valence-electron chi connectivity index (χ2n) is 13.1. The Bertz CT molecular complexity index is 1600. The highest BCUT2D eigenvalue weighted by atomic mass is 19.4. The zero-order chi connectivity index (χ0) is 32.2. The number of aliphatic hydroxyl groups is 1. The molecule has 44 heavy (non-hydrogen) atoms. The molecule has 0 amide bonds. The molecular formula is C35H40F3N2O4+. The molecule has 0 spiro atoms. The molecule has 1 saturated carbocycles. The van der Waals surface area contributed by atoms with Crippen LogP contribution in [0.2, 0.25) is 0 Å². The van der Waals surface area contributed by atoms with Crippen LogP contribution in [0, 0.1) is 5.92 Å². The number of carbonyl (C=O) groups excluding carboxylic acids is 1. The van der Waals surface area contributed by atoms with Crippen LogP contribution in [-0.2, 0) is 15.6 Å². The van der Waals surface area contributed by atoms with Crippen molar-refractivity contribution in [2.24, 2.45) is 5.92 Å². The number of ketones is 1. The lowest BCUT2D eigenvalue weighted by atomic mass is 9.71. The second kappa shape index (κ2) is 11.3. The molecule has 2 atom stereocenters. The summed E-state index contributed by atoms with van der Waals surface area (Å²) in [5.41, 5.74) is 4.29. The van der Waals surface area contributed by atoms with E-state index >= 15 is 0 Å². The average molecular weight is 610 g/mol. The van der Waals surface area contributed by atoms with Gasteiger partial charge >= 0.3 is 12.1 Å². The maximum absolute atomic E-state index is 13.7. The molecule has 0 bridgehead atoms. The number of para-hydroxylation sites is 1. The molecule has 1 fully saturated rings. The summed E-state index contributed by atoms with van der Waals surface area (Å²) < 4.78 is 40.9. The lowest BCUT2D eigenvalue weighted by Crippen LogP contribution is -2.46. The van der Waals surface area contributed by atoms with Crippen LogP contribution >= 0.6 is 0 Å². The molecule has 234 valence electrons. The molecule has 2 heterocycles. The van der Waals surface area contributed by atoms with Crippen molar-refractivity contribution in [2.75, 3.05) is 18.0 Å². The summed E-state index contributed by atoms with van der Waals surface area (Å²) >= 11 is 0. The van der Waals surface area contributed by atoms with Crippen LogP contribution in [0.4, 0.5) is 24.5 Å². The quantitative estimate of drug-likeness (QED) is 0.235. The minimum atomic E-state index is -4.26. The Balaban J connectivity index is 1.50. The summed E-state index contributed by atoms with van der Waals surface area (Å²) in [5, 5.41) is 21.0. The first-order valence-corrected chi connectivity index (χ1v) is 15.2. The lowest BCUT2D eigenvalue weighted by molar-refractivity contribution is -0.439. The third kappa shape index (κ3) is 5.40. The Morgan fingerprint density at radius 1 is 1.05 bits per heavy atom. The number of benzene rings is 2. The molecule has 2 N–H and O–H groups in total. The van der Waals surface area contributed by atoms with Gasteiger partial charge in [0.25, 0.3) is 0 Å². The fourth-order valence-corrected chi connectivity index (χ4v) is 6.86. The molecule has 5 rings (SSSR count). The number of alkyl halides is 3. The molecule has 2 aromatic rings. The molecule has 2 aliphatic heterocycles. The number of rotatable bonds is 9. The van der Waals surface area contributed by atoms with E-state index in [1.54, 1.807) is 18.2 Å². The number of carboxylic acids is 1. The number of anilines is 1. The van der Waals surface area contributed by atoms with Crippen molar-refractivity contribution < 1.29 is 37.5 Å². The van der Waals surface area contributed by atoms with Gasteiger partial charge in [-0.1, -0.05) is 51.5 Å². The zero-order valence-corrected chi connectivity index (χ0v) is 25.8. The summed E-state index contributed by atoms with van der Waals surface area (Å²) in [5.74, 6) is -2.03. The van der Waals surface area contributed by atoms with Gasteiger partial charge in [-0.2, -0.15) is 17.7 Å². The van der Waals surface area contributed by atoms with Crippen LogP contribution in [-0.4, -0.2) is 57.6 Å². The van der Waals surface area contributed by atoms with E-state index in [1.165, 1.54) is 0 Å². The molecule has 3 aliphatic rings. The van der Waals surface area contributed by atoms with Gasteiger partial charge in [-0.15, -0.1) is 0 Å². The number of nitrogens with zero attached hydrogens (tertiary/aromatic N) is 2. The minimum absolute atomic E-state index is 0.0986. The van der Waals surface area contributed by atoms with E-state index in [4.69, 9.17) is 0 Å². The van der Waals surface area contributed by atoms with Crippen LogP contribution in [0.3, 0.4) is 0 Å². The van der Waals surface area contributed by atoms with Crippen LogP contribution in [0.25, 0.3) is 0 Å². The molecule has 6 nitrogen and oxygen atoms in total. The fraction of sp³-hybridized carbons (Fsp3) is 0.457. The molecule has 9 heteroatoms. The summed E-state index contributed by atoms with van der Waals surface area (Å²) in [6.07, 6.45) is -1.02. The van der Waals surface area contributed by atoms with E-state index in [0.717, 1.165) is 41.0 Å². The lowest BCUT2D eigenvalue weighted by Gasteiger charge is -2.35. The van der Waals surface area contributed by atoms with E-state index in [0.29, 0.717) is 12.3 Å². The number of hydrogen-bond acceptors (Lipinski definition) is 4. The maximum Gasteiger partial charge on any atom is 0.389 e. The maximum atomic E-state index is 13.7. The van der Waals surface area contributed by atoms with Crippen molar-refractivity contribution in [2.45, 2.75) is 83.4 Å². The number of aliphatic hydroxyl groups excluding tert-OH is 1. The standard InChI is InChI=1S/C35H39F3N2O4/c1-6-7-16-39-27-14-13-21(32(43)44)18-25(27)34(4,5)29(39)20-23-30(41)22(31(23)42)19-28-33(2,3)24-11-8-9-12-26(24)40(28)17-10-15-35(36,37)38/h8-9,11-14,18-20,23,30,41H,6-7,10,15-17H2,1-5H3/p+1/b22-19-,29-20+. The Morgan fingerprint density at radius 3 is 2.39 bits per heavy atom. The molecule has 1 aliphatic carbocycles. The topological polar surface area (TPSA) is 80.8 Å². The number of aromatic carboxylic acids is 1. The Labute approximate surface area is 256 Å². The first-order chi connectivity index (χ1) is 20.6. The van der Waals surface area contributed by atoms with Crippen LogP contribution in [0.5, 0.6) is 0 Å². The largest absolute Gasteiger partial charge is 0.478 e. The minimum Gasteiger partial charge on any atom is -0.478 e. The number of halogens is 3. The highest BCUT2D eigenvalue weighted by Crippen LogP contribution is 2.50. The Hall–Kier alpha value is -3.72. The monoisotopic (exact) mass is 609 g/mol. The first kappa shape index (κ1) is 31.7. The number of fused-ring (bicyclic) bond motifs is 2. The summed E-state index contributed by atoms with van der Waals surface area (Å²) in [6, 6.07) is 12.6. The Kier molecular flexibility index (Phi) is 8.16. The average Bonchev–Trinajstić information content (AvgIpc) is 3.30. The van der Waals surface area contributed by atoms with Gasteiger partial charge in [0.1, 0.15) is 6.54 Å². The number of unbranched alkanes of at least 4 members (excludes halogenated alkanes) is 1. The van der Waals surface area contributed by atoms with Gasteiger partial charge in [-0.25, -0.2) is 4.79 Å².